The van der Waals surface area contributed by atoms with E-state index in [1.54, 1.807) is 42.4 Å². The normalized spacial score (nSPS) is 11.8. The van der Waals surface area contributed by atoms with Gasteiger partial charge in [0.1, 0.15) is 6.54 Å². The standard InChI is InChI=1S/C19H22N6O3S2/c1-11(6-21-18-22-8-13(29-2)9-23-18)7-24-19-25-14-4-3-12(5-15(14)30-19)17(28)20-10-16(26)27/h3-5,8-9,11H,6-7,10H2,1-2H3,(H,20,28)(H,24,25)(H,26,27)(H,21,22,23)/t11-/m0/s1. The Bertz CT molecular complexity index is 1020. The largest absolute Gasteiger partial charge is 0.480 e. The van der Waals surface area contributed by atoms with Crippen molar-refractivity contribution in [2.24, 2.45) is 5.92 Å². The molecule has 3 aromatic rings. The van der Waals surface area contributed by atoms with Crippen LogP contribution in [0.25, 0.3) is 10.2 Å². The fourth-order valence-corrected chi connectivity index (χ4v) is 3.74. The van der Waals surface area contributed by atoms with Crippen molar-refractivity contribution in [2.75, 3.05) is 36.5 Å². The van der Waals surface area contributed by atoms with Gasteiger partial charge in [0.2, 0.25) is 5.95 Å². The summed E-state index contributed by atoms with van der Waals surface area (Å²) in [6, 6.07) is 5.11. The van der Waals surface area contributed by atoms with Gasteiger partial charge in [-0.25, -0.2) is 15.0 Å². The maximum Gasteiger partial charge on any atom is 0.322 e. The summed E-state index contributed by atoms with van der Waals surface area (Å²) in [5.41, 5.74) is 1.19. The molecule has 0 saturated carbocycles. The lowest BCUT2D eigenvalue weighted by Gasteiger charge is -2.13. The molecule has 3 rings (SSSR count). The molecule has 9 nitrogen and oxygen atoms in total. The van der Waals surface area contributed by atoms with Crippen LogP contribution in [-0.2, 0) is 4.79 Å². The molecule has 0 saturated heterocycles. The molecule has 0 spiro atoms. The average Bonchev–Trinajstić information content (AvgIpc) is 3.17. The third kappa shape index (κ3) is 6.04. The molecule has 4 N–H and O–H groups in total. The van der Waals surface area contributed by atoms with Crippen molar-refractivity contribution < 1.29 is 14.7 Å². The first-order valence-electron chi connectivity index (χ1n) is 9.19. The third-order valence-corrected chi connectivity index (χ3v) is 5.78. The number of aliphatic carboxylic acids is 1. The van der Waals surface area contributed by atoms with E-state index in [1.807, 2.05) is 6.26 Å². The Morgan fingerprint density at radius 2 is 1.93 bits per heavy atom. The van der Waals surface area contributed by atoms with Gasteiger partial charge in [-0.1, -0.05) is 18.3 Å². The molecular weight excluding hydrogens is 424 g/mol. The Labute approximate surface area is 181 Å². The topological polar surface area (TPSA) is 129 Å². The second-order valence-corrected chi connectivity index (χ2v) is 8.50. The van der Waals surface area contributed by atoms with Crippen molar-refractivity contribution in [1.29, 1.82) is 0 Å². The van der Waals surface area contributed by atoms with Gasteiger partial charge in [0.25, 0.3) is 5.91 Å². The Balaban J connectivity index is 1.52. The number of fused-ring (bicyclic) bond motifs is 1. The lowest BCUT2D eigenvalue weighted by atomic mass is 10.2. The van der Waals surface area contributed by atoms with Crippen molar-refractivity contribution >= 4 is 56.3 Å². The van der Waals surface area contributed by atoms with Crippen LogP contribution in [0.3, 0.4) is 0 Å². The molecule has 0 aliphatic rings. The summed E-state index contributed by atoms with van der Waals surface area (Å²) < 4.78 is 0.855. The van der Waals surface area contributed by atoms with Gasteiger partial charge in [-0.2, -0.15) is 0 Å². The number of rotatable bonds is 10. The quantitative estimate of drug-likeness (QED) is 0.347. The molecule has 158 valence electrons. The molecule has 0 aliphatic carbocycles. The van der Waals surface area contributed by atoms with Crippen LogP contribution in [0.4, 0.5) is 11.1 Å². The van der Waals surface area contributed by atoms with Crippen molar-refractivity contribution in [3.8, 4) is 0 Å². The number of carbonyl (C=O) groups excluding carboxylic acids is 1. The van der Waals surface area contributed by atoms with E-state index in [1.165, 1.54) is 11.3 Å². The molecule has 1 atom stereocenters. The minimum absolute atomic E-state index is 0.304. The highest BCUT2D eigenvalue weighted by molar-refractivity contribution is 7.98. The third-order valence-electron chi connectivity index (χ3n) is 4.13. The number of carboxylic acid groups (broad SMARTS) is 1. The summed E-state index contributed by atoms with van der Waals surface area (Å²) in [4.78, 5) is 36.7. The summed E-state index contributed by atoms with van der Waals surface area (Å²) in [7, 11) is 0. The SMILES string of the molecule is CSc1cnc(NC[C@H](C)CNc2nc3ccc(C(=O)NCC(=O)O)cc3s2)nc1. The number of benzene rings is 1. The summed E-state index contributed by atoms with van der Waals surface area (Å²) >= 11 is 3.05. The predicted octanol–water partition coefficient (Wildman–Crippen LogP) is 2.78. The Hall–Kier alpha value is -2.92. The molecule has 1 amide bonds. The number of thiazole rings is 1. The van der Waals surface area contributed by atoms with Crippen molar-refractivity contribution in [1.82, 2.24) is 20.3 Å². The molecule has 2 heterocycles. The van der Waals surface area contributed by atoms with Crippen LogP contribution in [0, 0.1) is 5.92 Å². The van der Waals surface area contributed by atoms with Crippen molar-refractivity contribution in [3.63, 3.8) is 0 Å². The van der Waals surface area contributed by atoms with Gasteiger partial charge in [-0.15, -0.1) is 11.8 Å². The highest BCUT2D eigenvalue weighted by Crippen LogP contribution is 2.27. The van der Waals surface area contributed by atoms with E-state index in [4.69, 9.17) is 5.11 Å². The second kappa shape index (κ2) is 10.2. The highest BCUT2D eigenvalue weighted by atomic mass is 32.2. The van der Waals surface area contributed by atoms with E-state index in [9.17, 15) is 9.59 Å². The maximum atomic E-state index is 12.0. The number of nitrogens with zero attached hydrogens (tertiary/aromatic N) is 3. The number of hydrogen-bond donors (Lipinski definition) is 4. The molecule has 0 aliphatic heterocycles. The fraction of sp³-hybridized carbons (Fsp3) is 0.316. The minimum atomic E-state index is -1.08. The van der Waals surface area contributed by atoms with Gasteiger partial charge >= 0.3 is 5.97 Å². The zero-order chi connectivity index (χ0) is 21.5. The summed E-state index contributed by atoms with van der Waals surface area (Å²) in [5, 5.41) is 18.3. The van der Waals surface area contributed by atoms with E-state index in [0.29, 0.717) is 30.5 Å². The molecule has 30 heavy (non-hydrogen) atoms. The molecule has 0 radical (unpaired) electrons. The van der Waals surface area contributed by atoms with Gasteiger partial charge in [0, 0.05) is 35.9 Å². The lowest BCUT2D eigenvalue weighted by Crippen LogP contribution is -2.29. The van der Waals surface area contributed by atoms with Gasteiger partial charge in [0.15, 0.2) is 5.13 Å². The van der Waals surface area contributed by atoms with E-state index in [-0.39, 0.29) is 0 Å². The lowest BCUT2D eigenvalue weighted by molar-refractivity contribution is -0.135. The Morgan fingerprint density at radius 3 is 2.63 bits per heavy atom. The van der Waals surface area contributed by atoms with Gasteiger partial charge in [-0.3, -0.25) is 9.59 Å². The fourth-order valence-electron chi connectivity index (χ4n) is 2.51. The van der Waals surface area contributed by atoms with Crippen LogP contribution in [0.2, 0.25) is 0 Å². The van der Waals surface area contributed by atoms with Crippen LogP contribution in [-0.4, -0.2) is 57.8 Å². The zero-order valence-corrected chi connectivity index (χ0v) is 18.1. The predicted molar refractivity (Wildman–Crippen MR) is 120 cm³/mol. The number of thioether (sulfide) groups is 1. The summed E-state index contributed by atoms with van der Waals surface area (Å²) in [6.45, 7) is 3.12. The smallest absolute Gasteiger partial charge is 0.322 e. The molecule has 0 fully saturated rings. The van der Waals surface area contributed by atoms with Crippen molar-refractivity contribution in [3.05, 3.63) is 36.2 Å². The molecule has 2 aromatic heterocycles. The van der Waals surface area contributed by atoms with E-state index in [2.05, 4.69) is 37.8 Å². The first kappa shape index (κ1) is 21.8. The molecular formula is C19H22N6O3S2. The van der Waals surface area contributed by atoms with Crippen LogP contribution < -0.4 is 16.0 Å². The minimum Gasteiger partial charge on any atom is -0.480 e. The number of nitrogens with one attached hydrogen (secondary N) is 3. The van der Waals surface area contributed by atoms with E-state index < -0.39 is 18.4 Å². The molecule has 11 heteroatoms. The molecule has 1 aromatic carbocycles. The van der Waals surface area contributed by atoms with E-state index >= 15 is 0 Å². The first-order valence-corrected chi connectivity index (χ1v) is 11.2. The maximum absolute atomic E-state index is 12.0. The van der Waals surface area contributed by atoms with Crippen LogP contribution in [0.1, 0.15) is 17.3 Å². The number of amides is 1. The number of hydrogen-bond acceptors (Lipinski definition) is 9. The van der Waals surface area contributed by atoms with E-state index in [0.717, 1.165) is 20.2 Å². The summed E-state index contributed by atoms with van der Waals surface area (Å²) in [5.74, 6) is -0.595. The van der Waals surface area contributed by atoms with Crippen LogP contribution >= 0.6 is 23.1 Å². The van der Waals surface area contributed by atoms with Gasteiger partial charge < -0.3 is 21.1 Å². The number of aromatic nitrogens is 3. The van der Waals surface area contributed by atoms with Crippen molar-refractivity contribution in [2.45, 2.75) is 11.8 Å². The Morgan fingerprint density at radius 1 is 1.20 bits per heavy atom. The van der Waals surface area contributed by atoms with Gasteiger partial charge in [0.05, 0.1) is 10.2 Å². The second-order valence-electron chi connectivity index (χ2n) is 6.59. The molecule has 0 bridgehead atoms. The number of carbonyl (C=O) groups is 2. The van der Waals surface area contributed by atoms with Crippen LogP contribution in [0.15, 0.2) is 35.5 Å². The first-order chi connectivity index (χ1) is 14.4. The number of carboxylic acids is 1. The number of anilines is 2. The highest BCUT2D eigenvalue weighted by Gasteiger charge is 2.11. The van der Waals surface area contributed by atoms with Crippen LogP contribution in [0.5, 0.6) is 0 Å². The monoisotopic (exact) mass is 446 g/mol. The average molecular weight is 447 g/mol. The Kier molecular flexibility index (Phi) is 7.41. The molecule has 0 unspecified atom stereocenters. The summed E-state index contributed by atoms with van der Waals surface area (Å²) in [6.07, 6.45) is 5.57. The van der Waals surface area contributed by atoms with Gasteiger partial charge in [-0.05, 0) is 30.4 Å². The zero-order valence-electron chi connectivity index (χ0n) is 16.5.